The molecule has 0 bridgehead atoms. The van der Waals surface area contributed by atoms with Crippen molar-refractivity contribution in [3.05, 3.63) is 59.7 Å². The summed E-state index contributed by atoms with van der Waals surface area (Å²) in [6.07, 6.45) is 3.25. The molecule has 0 aliphatic rings. The third-order valence-corrected chi connectivity index (χ3v) is 3.60. The van der Waals surface area contributed by atoms with Crippen LogP contribution < -0.4 is 9.47 Å². The summed E-state index contributed by atoms with van der Waals surface area (Å²) in [7, 11) is 3.24. The van der Waals surface area contributed by atoms with Crippen LogP contribution in [0.5, 0.6) is 11.5 Å². The van der Waals surface area contributed by atoms with Crippen LogP contribution in [0.4, 0.5) is 0 Å². The molecule has 5 heteroatoms. The summed E-state index contributed by atoms with van der Waals surface area (Å²) in [4.78, 5) is 15.6. The van der Waals surface area contributed by atoms with Crippen molar-refractivity contribution in [2.75, 3.05) is 14.2 Å². The molecule has 0 amide bonds. The summed E-state index contributed by atoms with van der Waals surface area (Å²) in [5, 5.41) is 0. The Morgan fingerprint density at radius 1 is 1.18 bits per heavy atom. The Kier molecular flexibility index (Phi) is 3.78. The van der Waals surface area contributed by atoms with Gasteiger partial charge in [-0.2, -0.15) is 0 Å². The number of rotatable bonds is 5. The molecule has 0 radical (unpaired) electrons. The SMILES string of the molecule is COc1ccc(Cc2nc(C=O)c3ccccn23)c(OC)c1. The molecule has 1 aromatic carbocycles. The first kappa shape index (κ1) is 14.1. The van der Waals surface area contributed by atoms with Gasteiger partial charge in [0.1, 0.15) is 23.0 Å². The molecule has 0 aliphatic heterocycles. The number of ether oxygens (including phenoxy) is 2. The molecular formula is C17H16N2O3. The molecule has 22 heavy (non-hydrogen) atoms. The maximum Gasteiger partial charge on any atom is 0.170 e. The van der Waals surface area contributed by atoms with Crippen LogP contribution in [0.3, 0.4) is 0 Å². The van der Waals surface area contributed by atoms with E-state index in [9.17, 15) is 4.79 Å². The van der Waals surface area contributed by atoms with E-state index in [1.807, 2.05) is 47.0 Å². The number of pyridine rings is 1. The molecule has 3 aromatic rings. The largest absolute Gasteiger partial charge is 0.497 e. The Bertz CT molecular complexity index is 824. The monoisotopic (exact) mass is 296 g/mol. The molecule has 0 unspecified atom stereocenters. The van der Waals surface area contributed by atoms with E-state index < -0.39 is 0 Å². The highest BCUT2D eigenvalue weighted by molar-refractivity contribution is 5.83. The lowest BCUT2D eigenvalue weighted by Gasteiger charge is -2.10. The molecule has 2 heterocycles. The Morgan fingerprint density at radius 2 is 2.05 bits per heavy atom. The standard InChI is InChI=1S/C17H16N2O3/c1-21-13-7-6-12(16(10-13)22-2)9-17-18-14(11-20)15-5-3-4-8-19(15)17/h3-8,10-11H,9H2,1-2H3. The molecule has 5 nitrogen and oxygen atoms in total. The topological polar surface area (TPSA) is 52.8 Å². The summed E-state index contributed by atoms with van der Waals surface area (Å²) in [5.41, 5.74) is 2.24. The molecule has 0 atom stereocenters. The number of carbonyl (C=O) groups is 1. The lowest BCUT2D eigenvalue weighted by atomic mass is 10.1. The highest BCUT2D eigenvalue weighted by atomic mass is 16.5. The van der Waals surface area contributed by atoms with Gasteiger partial charge >= 0.3 is 0 Å². The summed E-state index contributed by atoms with van der Waals surface area (Å²) in [5.74, 6) is 2.27. The summed E-state index contributed by atoms with van der Waals surface area (Å²) in [6, 6.07) is 11.4. The highest BCUT2D eigenvalue weighted by Gasteiger charge is 2.13. The number of fused-ring (bicyclic) bond motifs is 1. The smallest absolute Gasteiger partial charge is 0.170 e. The summed E-state index contributed by atoms with van der Waals surface area (Å²) >= 11 is 0. The van der Waals surface area contributed by atoms with Crippen LogP contribution in [0.15, 0.2) is 42.6 Å². The second-order valence-corrected chi connectivity index (χ2v) is 4.84. The zero-order chi connectivity index (χ0) is 15.5. The minimum atomic E-state index is 0.447. The van der Waals surface area contributed by atoms with Gasteiger partial charge in [0.05, 0.1) is 19.7 Å². The average Bonchev–Trinajstić information content (AvgIpc) is 2.93. The molecule has 0 N–H and O–H groups in total. The predicted molar refractivity (Wildman–Crippen MR) is 82.9 cm³/mol. The van der Waals surface area contributed by atoms with Gasteiger partial charge in [0.25, 0.3) is 0 Å². The summed E-state index contributed by atoms with van der Waals surface area (Å²) < 4.78 is 12.5. The maximum absolute atomic E-state index is 11.2. The van der Waals surface area contributed by atoms with Crippen LogP contribution in [0, 0.1) is 0 Å². The van der Waals surface area contributed by atoms with Gasteiger partial charge in [-0.25, -0.2) is 4.98 Å². The van der Waals surface area contributed by atoms with E-state index in [0.29, 0.717) is 12.1 Å². The van der Waals surface area contributed by atoms with Crippen molar-refractivity contribution < 1.29 is 14.3 Å². The molecular weight excluding hydrogens is 280 g/mol. The fourth-order valence-corrected chi connectivity index (χ4v) is 2.51. The van der Waals surface area contributed by atoms with Crippen molar-refractivity contribution in [3.63, 3.8) is 0 Å². The van der Waals surface area contributed by atoms with Crippen molar-refractivity contribution in [2.24, 2.45) is 0 Å². The fourth-order valence-electron chi connectivity index (χ4n) is 2.51. The Balaban J connectivity index is 2.05. The number of methoxy groups -OCH3 is 2. The van der Waals surface area contributed by atoms with Gasteiger partial charge in [-0.15, -0.1) is 0 Å². The van der Waals surface area contributed by atoms with Gasteiger partial charge in [0.2, 0.25) is 0 Å². The number of nitrogens with zero attached hydrogens (tertiary/aromatic N) is 2. The van der Waals surface area contributed by atoms with E-state index in [0.717, 1.165) is 34.7 Å². The van der Waals surface area contributed by atoms with Crippen molar-refractivity contribution in [1.82, 2.24) is 9.38 Å². The molecule has 112 valence electrons. The predicted octanol–water partition coefficient (Wildman–Crippen LogP) is 2.75. The first-order chi connectivity index (χ1) is 10.8. The quantitative estimate of drug-likeness (QED) is 0.679. The second-order valence-electron chi connectivity index (χ2n) is 4.84. The van der Waals surface area contributed by atoms with E-state index in [1.165, 1.54) is 0 Å². The number of carbonyl (C=O) groups excluding carboxylic acids is 1. The van der Waals surface area contributed by atoms with Crippen LogP contribution in [0.2, 0.25) is 0 Å². The van der Waals surface area contributed by atoms with Crippen LogP contribution in [0.1, 0.15) is 21.9 Å². The second kappa shape index (κ2) is 5.89. The van der Waals surface area contributed by atoms with E-state index >= 15 is 0 Å². The first-order valence-electron chi connectivity index (χ1n) is 6.89. The minimum absolute atomic E-state index is 0.447. The van der Waals surface area contributed by atoms with Crippen molar-refractivity contribution in [1.29, 1.82) is 0 Å². The number of hydrogen-bond donors (Lipinski definition) is 0. The lowest BCUT2D eigenvalue weighted by Crippen LogP contribution is -1.99. The van der Waals surface area contributed by atoms with Crippen LogP contribution in [-0.2, 0) is 6.42 Å². The summed E-state index contributed by atoms with van der Waals surface area (Å²) in [6.45, 7) is 0. The van der Waals surface area contributed by atoms with Gasteiger partial charge < -0.3 is 13.9 Å². The van der Waals surface area contributed by atoms with Crippen molar-refractivity contribution >= 4 is 11.8 Å². The number of imidazole rings is 1. The van der Waals surface area contributed by atoms with E-state index in [-0.39, 0.29) is 0 Å². The molecule has 3 rings (SSSR count). The lowest BCUT2D eigenvalue weighted by molar-refractivity contribution is 0.112. The van der Waals surface area contributed by atoms with Crippen LogP contribution in [0.25, 0.3) is 5.52 Å². The minimum Gasteiger partial charge on any atom is -0.497 e. The number of aldehydes is 1. The van der Waals surface area contributed by atoms with Crippen molar-refractivity contribution in [3.8, 4) is 11.5 Å². The average molecular weight is 296 g/mol. The third kappa shape index (κ3) is 2.41. The van der Waals surface area contributed by atoms with Crippen LogP contribution in [-0.4, -0.2) is 29.9 Å². The number of hydrogen-bond acceptors (Lipinski definition) is 4. The normalized spacial score (nSPS) is 10.6. The van der Waals surface area contributed by atoms with E-state index in [1.54, 1.807) is 14.2 Å². The van der Waals surface area contributed by atoms with E-state index in [2.05, 4.69) is 4.98 Å². The molecule has 0 saturated carbocycles. The van der Waals surface area contributed by atoms with Gasteiger partial charge in [0.15, 0.2) is 6.29 Å². The number of aromatic nitrogens is 2. The Labute approximate surface area is 128 Å². The zero-order valence-electron chi connectivity index (χ0n) is 12.4. The van der Waals surface area contributed by atoms with E-state index in [4.69, 9.17) is 9.47 Å². The van der Waals surface area contributed by atoms with Gasteiger partial charge in [-0.3, -0.25) is 4.79 Å². The molecule has 0 aliphatic carbocycles. The van der Waals surface area contributed by atoms with Crippen LogP contribution >= 0.6 is 0 Å². The molecule has 2 aromatic heterocycles. The molecule has 0 saturated heterocycles. The van der Waals surface area contributed by atoms with Crippen molar-refractivity contribution in [2.45, 2.75) is 6.42 Å². The van der Waals surface area contributed by atoms with Gasteiger partial charge in [0, 0.05) is 24.2 Å². The highest BCUT2D eigenvalue weighted by Crippen LogP contribution is 2.27. The van der Waals surface area contributed by atoms with Gasteiger partial charge in [-0.05, 0) is 18.2 Å². The molecule has 0 fully saturated rings. The number of benzene rings is 1. The fraction of sp³-hybridized carbons (Fsp3) is 0.176. The maximum atomic E-state index is 11.2. The zero-order valence-corrected chi connectivity index (χ0v) is 12.4. The third-order valence-electron chi connectivity index (χ3n) is 3.60. The van der Waals surface area contributed by atoms with Gasteiger partial charge in [-0.1, -0.05) is 12.1 Å². The molecule has 0 spiro atoms. The first-order valence-corrected chi connectivity index (χ1v) is 6.89. The Hall–Kier alpha value is -2.82. The Morgan fingerprint density at radius 3 is 2.77 bits per heavy atom.